The van der Waals surface area contributed by atoms with Crippen molar-refractivity contribution in [3.8, 4) is 0 Å². The molecule has 0 saturated heterocycles. The van der Waals surface area contributed by atoms with E-state index in [9.17, 15) is 9.59 Å². The van der Waals surface area contributed by atoms with E-state index in [1.165, 1.54) is 0 Å². The zero-order chi connectivity index (χ0) is 11.4. The Morgan fingerprint density at radius 2 is 2.31 bits per heavy atom. The molecule has 1 aliphatic heterocycles. The van der Waals surface area contributed by atoms with E-state index in [2.05, 4.69) is 16.2 Å². The molecular weight excluding hydrogens is 210 g/mol. The van der Waals surface area contributed by atoms with Gasteiger partial charge < -0.3 is 15.5 Å². The first kappa shape index (κ1) is 10.9. The van der Waals surface area contributed by atoms with Crippen LogP contribution in [0.4, 0.5) is 0 Å². The Kier molecular flexibility index (Phi) is 3.40. The molecule has 16 heavy (non-hydrogen) atoms. The predicted octanol–water partition coefficient (Wildman–Crippen LogP) is -0.608. The predicted molar refractivity (Wildman–Crippen MR) is 55.6 cm³/mol. The molecule has 6 nitrogen and oxygen atoms in total. The van der Waals surface area contributed by atoms with Crippen molar-refractivity contribution in [2.24, 2.45) is 5.92 Å². The average Bonchev–Trinajstić information content (AvgIpc) is 2.87. The van der Waals surface area contributed by atoms with Crippen LogP contribution in [-0.2, 0) is 14.3 Å². The summed E-state index contributed by atoms with van der Waals surface area (Å²) in [6, 6.07) is 0.183. The van der Waals surface area contributed by atoms with E-state index in [1.54, 1.807) is 0 Å². The molecule has 0 aromatic rings. The van der Waals surface area contributed by atoms with E-state index >= 15 is 0 Å². The molecule has 0 aromatic heterocycles. The molecule has 2 aliphatic rings. The fraction of sp³-hybridized carbons (Fsp3) is 0.600. The smallest absolute Gasteiger partial charge is 0.293 e. The number of nitrogens with one attached hydrogen (secondary N) is 3. The first-order chi connectivity index (χ1) is 7.83. The summed E-state index contributed by atoms with van der Waals surface area (Å²) in [5, 5.41) is 2.55. The summed E-state index contributed by atoms with van der Waals surface area (Å²) in [5.41, 5.74) is 5.98. The first-order valence-corrected chi connectivity index (χ1v) is 5.36. The monoisotopic (exact) mass is 225 g/mol. The van der Waals surface area contributed by atoms with Crippen molar-refractivity contribution in [3.05, 3.63) is 11.9 Å². The fourth-order valence-corrected chi connectivity index (χ4v) is 2.33. The normalized spacial score (nSPS) is 32.8. The molecule has 1 heterocycles. The minimum atomic E-state index is 0.0424. The lowest BCUT2D eigenvalue weighted by Crippen LogP contribution is -2.38. The van der Waals surface area contributed by atoms with Crippen LogP contribution < -0.4 is 16.2 Å². The van der Waals surface area contributed by atoms with Gasteiger partial charge >= 0.3 is 0 Å². The highest BCUT2D eigenvalue weighted by molar-refractivity contribution is 5.50. The summed E-state index contributed by atoms with van der Waals surface area (Å²) in [5.74, 6) is 1.11. The van der Waals surface area contributed by atoms with Crippen LogP contribution in [0.25, 0.3) is 0 Å². The Morgan fingerprint density at radius 3 is 3.06 bits per heavy atom. The summed E-state index contributed by atoms with van der Waals surface area (Å²) in [4.78, 5) is 20.5. The maximum absolute atomic E-state index is 10.2. The number of rotatable bonds is 5. The summed E-state index contributed by atoms with van der Waals surface area (Å²) < 4.78 is 4.95. The SMILES string of the molecule is O=CNC1=CC(C2CCC(OC=O)C2)NN1. The molecule has 0 radical (unpaired) electrons. The number of carbonyl (C=O) groups excluding carboxylic acids is 2. The van der Waals surface area contributed by atoms with Gasteiger partial charge in [0.15, 0.2) is 0 Å². The van der Waals surface area contributed by atoms with E-state index in [4.69, 9.17) is 4.74 Å². The third-order valence-corrected chi connectivity index (χ3v) is 3.12. The van der Waals surface area contributed by atoms with Gasteiger partial charge in [0, 0.05) is 0 Å². The zero-order valence-electron chi connectivity index (χ0n) is 8.81. The van der Waals surface area contributed by atoms with Crippen molar-refractivity contribution in [2.75, 3.05) is 0 Å². The second kappa shape index (κ2) is 4.98. The molecule has 1 amide bonds. The largest absolute Gasteiger partial charge is 0.465 e. The minimum Gasteiger partial charge on any atom is -0.465 e. The number of ether oxygens (including phenoxy) is 1. The summed E-state index contributed by atoms with van der Waals surface area (Å²) in [6.07, 6.45) is 5.41. The zero-order valence-corrected chi connectivity index (χ0v) is 8.81. The Balaban J connectivity index is 1.86. The van der Waals surface area contributed by atoms with Crippen LogP contribution in [0.3, 0.4) is 0 Å². The van der Waals surface area contributed by atoms with Gasteiger partial charge in [0.2, 0.25) is 6.41 Å². The van der Waals surface area contributed by atoms with Crippen molar-refractivity contribution >= 4 is 12.9 Å². The van der Waals surface area contributed by atoms with Gasteiger partial charge in [0.25, 0.3) is 6.47 Å². The van der Waals surface area contributed by atoms with E-state index in [0.717, 1.165) is 19.3 Å². The number of carbonyl (C=O) groups is 2. The highest BCUT2D eigenvalue weighted by Gasteiger charge is 2.32. The van der Waals surface area contributed by atoms with Crippen LogP contribution in [0.1, 0.15) is 19.3 Å². The van der Waals surface area contributed by atoms with Crippen LogP contribution in [0.2, 0.25) is 0 Å². The van der Waals surface area contributed by atoms with Crippen LogP contribution in [-0.4, -0.2) is 25.0 Å². The Morgan fingerprint density at radius 1 is 1.44 bits per heavy atom. The molecule has 3 atom stereocenters. The van der Waals surface area contributed by atoms with Gasteiger partial charge in [-0.1, -0.05) is 0 Å². The highest BCUT2D eigenvalue weighted by Crippen LogP contribution is 2.31. The molecular formula is C10H15N3O3. The Labute approximate surface area is 93.4 Å². The fourth-order valence-electron chi connectivity index (χ4n) is 2.33. The third kappa shape index (κ3) is 2.33. The lowest BCUT2D eigenvalue weighted by Gasteiger charge is -2.16. The summed E-state index contributed by atoms with van der Waals surface area (Å²) >= 11 is 0. The molecule has 3 N–H and O–H groups in total. The number of hydrogen-bond donors (Lipinski definition) is 3. The van der Waals surface area contributed by atoms with E-state index in [0.29, 0.717) is 24.6 Å². The topological polar surface area (TPSA) is 79.5 Å². The number of hydrazine groups is 1. The molecule has 0 spiro atoms. The molecule has 6 heteroatoms. The Bertz CT molecular complexity index is 306. The summed E-state index contributed by atoms with van der Waals surface area (Å²) in [6.45, 7) is 0.516. The van der Waals surface area contributed by atoms with Crippen molar-refractivity contribution in [1.82, 2.24) is 16.2 Å². The highest BCUT2D eigenvalue weighted by atomic mass is 16.5. The van der Waals surface area contributed by atoms with E-state index in [1.807, 2.05) is 6.08 Å². The van der Waals surface area contributed by atoms with Gasteiger partial charge in [-0.2, -0.15) is 0 Å². The number of amides is 1. The van der Waals surface area contributed by atoms with Crippen LogP contribution in [0.5, 0.6) is 0 Å². The number of hydrogen-bond acceptors (Lipinski definition) is 5. The van der Waals surface area contributed by atoms with Gasteiger partial charge in [-0.15, -0.1) is 0 Å². The molecule has 2 rings (SSSR count). The minimum absolute atomic E-state index is 0.0424. The molecule has 3 unspecified atom stereocenters. The third-order valence-electron chi connectivity index (χ3n) is 3.12. The molecule has 1 fully saturated rings. The maximum atomic E-state index is 10.2. The van der Waals surface area contributed by atoms with Gasteiger partial charge in [-0.3, -0.25) is 9.59 Å². The molecule has 0 aromatic carbocycles. The van der Waals surface area contributed by atoms with Crippen LogP contribution in [0.15, 0.2) is 11.9 Å². The quantitative estimate of drug-likeness (QED) is 0.544. The van der Waals surface area contributed by atoms with Crippen LogP contribution >= 0.6 is 0 Å². The summed E-state index contributed by atoms with van der Waals surface area (Å²) in [7, 11) is 0. The van der Waals surface area contributed by atoms with Crippen molar-refractivity contribution in [1.29, 1.82) is 0 Å². The van der Waals surface area contributed by atoms with E-state index in [-0.39, 0.29) is 12.1 Å². The first-order valence-electron chi connectivity index (χ1n) is 5.36. The standard InChI is InChI=1S/C10H15N3O3/c14-5-11-10-4-9(12-13-10)7-1-2-8(3-7)16-6-15/h4-9,12-13H,1-3H2,(H,11,14). The molecule has 1 aliphatic carbocycles. The van der Waals surface area contributed by atoms with Crippen LogP contribution in [0, 0.1) is 5.92 Å². The second-order valence-electron chi connectivity index (χ2n) is 4.07. The van der Waals surface area contributed by atoms with E-state index < -0.39 is 0 Å². The molecule has 0 bridgehead atoms. The molecule has 88 valence electrons. The van der Waals surface area contributed by atoms with Gasteiger partial charge in [0.05, 0.1) is 6.04 Å². The maximum Gasteiger partial charge on any atom is 0.293 e. The molecule has 1 saturated carbocycles. The van der Waals surface area contributed by atoms with Crippen molar-refractivity contribution < 1.29 is 14.3 Å². The lowest BCUT2D eigenvalue weighted by atomic mass is 9.99. The van der Waals surface area contributed by atoms with Crippen molar-refractivity contribution in [2.45, 2.75) is 31.4 Å². The van der Waals surface area contributed by atoms with Gasteiger partial charge in [-0.05, 0) is 31.3 Å². The van der Waals surface area contributed by atoms with Crippen molar-refractivity contribution in [3.63, 3.8) is 0 Å². The van der Waals surface area contributed by atoms with Gasteiger partial charge in [-0.25, -0.2) is 5.43 Å². The van der Waals surface area contributed by atoms with Gasteiger partial charge in [0.1, 0.15) is 11.9 Å². The Hall–Kier alpha value is -1.56. The lowest BCUT2D eigenvalue weighted by molar-refractivity contribution is -0.133. The average molecular weight is 225 g/mol. The second-order valence-corrected chi connectivity index (χ2v) is 4.07.